The lowest BCUT2D eigenvalue weighted by Gasteiger charge is -2.40. The summed E-state index contributed by atoms with van der Waals surface area (Å²) in [5.74, 6) is -4.61. The predicted molar refractivity (Wildman–Crippen MR) is 57.5 cm³/mol. The van der Waals surface area contributed by atoms with Crippen molar-refractivity contribution < 1.29 is 29.4 Å². The Morgan fingerprint density at radius 1 is 1.44 bits per heavy atom. The van der Waals surface area contributed by atoms with E-state index in [1.165, 1.54) is 13.8 Å². The lowest BCUT2D eigenvalue weighted by molar-refractivity contribution is -0.145. The van der Waals surface area contributed by atoms with Crippen molar-refractivity contribution in [2.24, 2.45) is 11.8 Å². The number of carboxylic acids is 1. The number of hydrogen-bond acceptors (Lipinski definition) is 4. The fourth-order valence-electron chi connectivity index (χ4n) is 1.95. The Bertz CT molecular complexity index is 452. The van der Waals surface area contributed by atoms with E-state index in [1.54, 1.807) is 0 Å². The van der Waals surface area contributed by atoms with Crippen molar-refractivity contribution >= 4 is 23.4 Å². The highest BCUT2D eigenvalue weighted by Crippen LogP contribution is 2.26. The second kappa shape index (κ2) is 5.07. The number of aliphatic hydroxyl groups excluding tert-OH is 1. The van der Waals surface area contributed by atoms with Gasteiger partial charge in [-0.25, -0.2) is 4.79 Å². The monoisotopic (exact) mass is 255 g/mol. The summed E-state index contributed by atoms with van der Waals surface area (Å²) in [6, 6.07) is -0.666. The Morgan fingerprint density at radius 2 is 2.00 bits per heavy atom. The summed E-state index contributed by atoms with van der Waals surface area (Å²) in [6.07, 6.45) is -0.946. The van der Waals surface area contributed by atoms with Gasteiger partial charge in [-0.15, -0.1) is 0 Å². The number of nitrogens with zero attached hydrogens (tertiary/aromatic N) is 2. The van der Waals surface area contributed by atoms with Gasteiger partial charge in [0.1, 0.15) is 0 Å². The third kappa shape index (κ3) is 2.29. The van der Waals surface area contributed by atoms with Gasteiger partial charge < -0.3 is 21.1 Å². The highest BCUT2D eigenvalue weighted by atomic mass is 16.4. The van der Waals surface area contributed by atoms with E-state index in [4.69, 9.17) is 10.6 Å². The molecular weight excluding hydrogens is 242 g/mol. The molecule has 98 valence electrons. The minimum absolute atomic E-state index is 0.396. The van der Waals surface area contributed by atoms with Crippen LogP contribution in [0.4, 0.5) is 0 Å². The summed E-state index contributed by atoms with van der Waals surface area (Å²) in [7, 11) is 0. The van der Waals surface area contributed by atoms with Crippen molar-refractivity contribution in [3.8, 4) is 0 Å². The Balaban J connectivity index is 2.86. The molecule has 1 heterocycles. The molecule has 0 aromatic heterocycles. The van der Waals surface area contributed by atoms with Gasteiger partial charge in [0.15, 0.2) is 0 Å². The SMILES string of the molecule is C[C@H](O)[C@H]1C(=O)N[C@@H]1[C@@H](C)C(=O)C(=[N+]=[N-])C(=O)O. The number of β-lactam (4-membered cyclic amide) rings is 1. The van der Waals surface area contributed by atoms with Gasteiger partial charge in [-0.3, -0.25) is 9.59 Å². The molecule has 1 fully saturated rings. The van der Waals surface area contributed by atoms with E-state index in [2.05, 4.69) is 10.1 Å². The molecule has 4 atom stereocenters. The van der Waals surface area contributed by atoms with Crippen LogP contribution < -0.4 is 5.32 Å². The molecule has 1 aliphatic heterocycles. The van der Waals surface area contributed by atoms with Gasteiger partial charge in [-0.1, -0.05) is 6.92 Å². The Morgan fingerprint density at radius 3 is 2.33 bits per heavy atom. The van der Waals surface area contributed by atoms with Crippen LogP contribution in [0.3, 0.4) is 0 Å². The smallest absolute Gasteiger partial charge is 0.441 e. The zero-order valence-corrected chi connectivity index (χ0v) is 9.82. The lowest BCUT2D eigenvalue weighted by atomic mass is 9.76. The lowest BCUT2D eigenvalue weighted by Crippen LogP contribution is -2.66. The molecule has 1 rings (SSSR count). The first-order valence-electron chi connectivity index (χ1n) is 5.29. The molecule has 0 radical (unpaired) electrons. The molecule has 8 nitrogen and oxygen atoms in total. The van der Waals surface area contributed by atoms with Crippen LogP contribution in [0.5, 0.6) is 0 Å². The fourth-order valence-corrected chi connectivity index (χ4v) is 1.95. The van der Waals surface area contributed by atoms with E-state index in [0.717, 1.165) is 0 Å². The van der Waals surface area contributed by atoms with Crippen LogP contribution in [0.1, 0.15) is 13.8 Å². The Hall–Kier alpha value is -2.05. The molecule has 0 bridgehead atoms. The molecule has 0 saturated carbocycles. The molecule has 0 unspecified atom stereocenters. The van der Waals surface area contributed by atoms with Gasteiger partial charge in [-0.2, -0.15) is 4.79 Å². The number of carbonyl (C=O) groups is 3. The first-order valence-corrected chi connectivity index (χ1v) is 5.29. The van der Waals surface area contributed by atoms with E-state index in [0.29, 0.717) is 0 Å². The number of ketones is 1. The van der Waals surface area contributed by atoms with Crippen LogP contribution in [0.15, 0.2) is 0 Å². The summed E-state index contributed by atoms with van der Waals surface area (Å²) >= 11 is 0. The summed E-state index contributed by atoms with van der Waals surface area (Å²) in [5.41, 5.74) is 7.47. The minimum atomic E-state index is -1.64. The second-order valence-electron chi connectivity index (χ2n) is 4.21. The van der Waals surface area contributed by atoms with Crippen LogP contribution in [-0.4, -0.2) is 50.5 Å². The van der Waals surface area contributed by atoms with Gasteiger partial charge in [-0.05, 0) is 6.92 Å². The zero-order valence-electron chi connectivity index (χ0n) is 9.82. The van der Waals surface area contributed by atoms with Crippen molar-refractivity contribution in [2.45, 2.75) is 26.0 Å². The van der Waals surface area contributed by atoms with Crippen molar-refractivity contribution in [3.63, 3.8) is 0 Å². The molecule has 1 aliphatic rings. The van der Waals surface area contributed by atoms with Crippen LogP contribution in [0, 0.1) is 11.8 Å². The average molecular weight is 255 g/mol. The molecule has 1 amide bonds. The van der Waals surface area contributed by atoms with E-state index >= 15 is 0 Å². The van der Waals surface area contributed by atoms with Gasteiger partial charge in [0.25, 0.3) is 5.78 Å². The van der Waals surface area contributed by atoms with Crippen LogP contribution in [0.2, 0.25) is 0 Å². The summed E-state index contributed by atoms with van der Waals surface area (Å²) in [5, 5.41) is 20.4. The highest BCUT2D eigenvalue weighted by Gasteiger charge is 2.49. The van der Waals surface area contributed by atoms with Crippen molar-refractivity contribution in [3.05, 3.63) is 5.53 Å². The first-order chi connectivity index (χ1) is 8.31. The van der Waals surface area contributed by atoms with Crippen molar-refractivity contribution in [1.82, 2.24) is 5.32 Å². The standard InChI is InChI=1S/C10H13N3O5/c1-3(8(15)7(13-11)10(17)18)6-5(4(2)14)9(16)12-6/h3-6,14H,1-2H3,(H,12,16)(H,17,18)/t3-,4+,5-,6-/m1/s1. The zero-order chi connectivity index (χ0) is 14.0. The number of aliphatic hydroxyl groups is 1. The quantitative estimate of drug-likeness (QED) is 0.179. The fraction of sp³-hybridized carbons (Fsp3) is 0.600. The Labute approximate surface area is 102 Å². The molecule has 0 aliphatic carbocycles. The van der Waals surface area contributed by atoms with Gasteiger partial charge >= 0.3 is 11.7 Å². The molecule has 0 aromatic carbocycles. The molecule has 0 spiro atoms. The van der Waals surface area contributed by atoms with Crippen molar-refractivity contribution in [2.75, 3.05) is 0 Å². The summed E-state index contributed by atoms with van der Waals surface area (Å²) in [4.78, 5) is 36.0. The third-order valence-corrected chi connectivity index (χ3v) is 3.01. The van der Waals surface area contributed by atoms with Gasteiger partial charge in [0.2, 0.25) is 5.91 Å². The van der Waals surface area contributed by atoms with E-state index in [1.807, 2.05) is 0 Å². The van der Waals surface area contributed by atoms with Crippen LogP contribution in [0.25, 0.3) is 5.53 Å². The second-order valence-corrected chi connectivity index (χ2v) is 4.21. The van der Waals surface area contributed by atoms with Crippen molar-refractivity contribution in [1.29, 1.82) is 0 Å². The molecular formula is C10H13N3O5. The largest absolute Gasteiger partial charge is 0.472 e. The number of carbonyl (C=O) groups excluding carboxylic acids is 2. The summed E-state index contributed by atoms with van der Waals surface area (Å²) < 4.78 is 0. The van der Waals surface area contributed by atoms with E-state index < -0.39 is 47.4 Å². The third-order valence-electron chi connectivity index (χ3n) is 3.01. The molecule has 18 heavy (non-hydrogen) atoms. The molecule has 8 heteroatoms. The van der Waals surface area contributed by atoms with Gasteiger partial charge in [0.05, 0.1) is 18.1 Å². The maximum Gasteiger partial charge on any atom is 0.441 e. The Kier molecular flexibility index (Phi) is 3.95. The van der Waals surface area contributed by atoms with Gasteiger partial charge in [0, 0.05) is 5.92 Å². The summed E-state index contributed by atoms with van der Waals surface area (Å²) in [6.45, 7) is 2.81. The van der Waals surface area contributed by atoms with Crippen LogP contribution in [-0.2, 0) is 14.4 Å². The normalized spacial score (nSPS) is 25.2. The molecule has 0 aromatic rings. The maximum absolute atomic E-state index is 11.7. The number of rotatable bonds is 5. The number of aliphatic carboxylic acids is 1. The number of amides is 1. The molecule has 1 saturated heterocycles. The van der Waals surface area contributed by atoms with E-state index in [-0.39, 0.29) is 0 Å². The first kappa shape index (κ1) is 14.0. The highest BCUT2D eigenvalue weighted by molar-refractivity contribution is 6.62. The average Bonchev–Trinajstić information content (AvgIpc) is 2.24. The predicted octanol–water partition coefficient (Wildman–Crippen LogP) is -1.56. The molecule has 3 N–H and O–H groups in total. The number of hydrogen-bond donors (Lipinski definition) is 3. The topological polar surface area (TPSA) is 140 Å². The minimum Gasteiger partial charge on any atom is -0.472 e. The van der Waals surface area contributed by atoms with Crippen LogP contribution >= 0.6 is 0 Å². The number of Topliss-reactive ketones (excluding diaryl/α,β-unsaturated/α-hetero) is 1. The number of nitrogens with one attached hydrogen (secondary N) is 1. The maximum atomic E-state index is 11.7. The number of carboxylic acid groups (broad SMARTS) is 1. The van der Waals surface area contributed by atoms with E-state index in [9.17, 15) is 19.5 Å².